The van der Waals surface area contributed by atoms with Crippen molar-refractivity contribution >= 4 is 23.0 Å². The maximum absolute atomic E-state index is 4.43. The quantitative estimate of drug-likeness (QED) is 0.834. The normalized spacial score (nSPS) is 11.0. The van der Waals surface area contributed by atoms with Crippen LogP contribution in [0, 0.1) is 13.8 Å². The Balaban J connectivity index is 2.20. The van der Waals surface area contributed by atoms with E-state index in [-0.39, 0.29) is 0 Å². The summed E-state index contributed by atoms with van der Waals surface area (Å²) in [4.78, 5) is 11.5. The minimum absolute atomic E-state index is 0.370. The molecule has 2 heterocycles. The van der Waals surface area contributed by atoms with Crippen LogP contribution in [0.25, 0.3) is 0 Å². The Kier molecular flexibility index (Phi) is 5.17. The molecule has 2 N–H and O–H groups in total. The van der Waals surface area contributed by atoms with Crippen molar-refractivity contribution in [3.8, 4) is 0 Å². The minimum Gasteiger partial charge on any atom is -0.370 e. The van der Waals surface area contributed by atoms with Crippen LogP contribution >= 0.6 is 11.3 Å². The summed E-state index contributed by atoms with van der Waals surface area (Å²) in [6.45, 7) is 12.4. The van der Waals surface area contributed by atoms with Crippen LogP contribution in [0.3, 0.4) is 0 Å². The van der Waals surface area contributed by atoms with Crippen molar-refractivity contribution in [1.82, 2.24) is 9.97 Å². The monoisotopic (exact) mass is 304 g/mol. The van der Waals surface area contributed by atoms with E-state index in [1.807, 2.05) is 11.3 Å². The molecule has 0 atom stereocenters. The first-order chi connectivity index (χ1) is 10.0. The van der Waals surface area contributed by atoms with E-state index in [1.54, 1.807) is 6.33 Å². The number of nitrogens with one attached hydrogen (secondary N) is 2. The van der Waals surface area contributed by atoms with Crippen molar-refractivity contribution in [1.29, 1.82) is 0 Å². The molecule has 0 aromatic carbocycles. The van der Waals surface area contributed by atoms with Gasteiger partial charge in [-0.2, -0.15) is 0 Å². The molecule has 0 fully saturated rings. The summed E-state index contributed by atoms with van der Waals surface area (Å²) < 4.78 is 0. The number of rotatable bonds is 6. The van der Waals surface area contributed by atoms with E-state index >= 15 is 0 Å². The van der Waals surface area contributed by atoms with Crippen LogP contribution in [-0.2, 0) is 6.54 Å². The zero-order valence-electron chi connectivity index (χ0n) is 13.4. The molecule has 5 heteroatoms. The molecule has 0 aliphatic heterocycles. The number of nitrogens with zero attached hydrogens (tertiary/aromatic N) is 2. The average Bonchev–Trinajstić information content (AvgIpc) is 2.75. The predicted octanol–water partition coefficient (Wildman–Crippen LogP) is 4.32. The molecule has 21 heavy (non-hydrogen) atoms. The Labute approximate surface area is 131 Å². The lowest BCUT2D eigenvalue weighted by molar-refractivity contribution is 0.844. The second kappa shape index (κ2) is 6.89. The Morgan fingerprint density at radius 2 is 1.81 bits per heavy atom. The standard InChI is InChI=1S/C16H24N4S/c1-6-17-15-14(10(2)3)16(20-9-19-15)18-8-13-7-11(4)12(5)21-13/h7,9-10H,6,8H2,1-5H3,(H2,17,18,19,20). The smallest absolute Gasteiger partial charge is 0.135 e. The van der Waals surface area contributed by atoms with E-state index in [0.29, 0.717) is 5.92 Å². The van der Waals surface area contributed by atoms with Gasteiger partial charge in [0.05, 0.1) is 6.54 Å². The molecule has 0 radical (unpaired) electrons. The molecule has 0 aliphatic carbocycles. The molecule has 114 valence electrons. The lowest BCUT2D eigenvalue weighted by Gasteiger charge is -2.17. The molecule has 2 rings (SSSR count). The highest BCUT2D eigenvalue weighted by atomic mass is 32.1. The Bertz CT molecular complexity index is 585. The van der Waals surface area contributed by atoms with Crippen molar-refractivity contribution < 1.29 is 0 Å². The predicted molar refractivity (Wildman–Crippen MR) is 91.4 cm³/mol. The topological polar surface area (TPSA) is 49.8 Å². The number of thiophene rings is 1. The van der Waals surface area contributed by atoms with Crippen molar-refractivity contribution in [3.63, 3.8) is 0 Å². The molecular formula is C16H24N4S. The fourth-order valence-corrected chi connectivity index (χ4v) is 3.29. The maximum Gasteiger partial charge on any atom is 0.135 e. The summed E-state index contributed by atoms with van der Waals surface area (Å²) in [5.74, 6) is 2.23. The molecule has 0 spiro atoms. The van der Waals surface area contributed by atoms with Crippen LogP contribution in [0.4, 0.5) is 11.6 Å². The first-order valence-electron chi connectivity index (χ1n) is 7.41. The molecule has 2 aromatic rings. The van der Waals surface area contributed by atoms with E-state index in [9.17, 15) is 0 Å². The lowest BCUT2D eigenvalue weighted by atomic mass is 10.0. The van der Waals surface area contributed by atoms with Crippen LogP contribution in [-0.4, -0.2) is 16.5 Å². The van der Waals surface area contributed by atoms with Gasteiger partial charge >= 0.3 is 0 Å². The van der Waals surface area contributed by atoms with Crippen molar-refractivity contribution in [2.24, 2.45) is 0 Å². The Morgan fingerprint density at radius 1 is 1.14 bits per heavy atom. The molecule has 0 saturated heterocycles. The first-order valence-corrected chi connectivity index (χ1v) is 8.23. The zero-order valence-corrected chi connectivity index (χ0v) is 14.3. The number of aromatic nitrogens is 2. The highest BCUT2D eigenvalue weighted by Gasteiger charge is 2.14. The molecule has 0 bridgehead atoms. The van der Waals surface area contributed by atoms with E-state index in [1.165, 1.54) is 15.3 Å². The van der Waals surface area contributed by atoms with Gasteiger partial charge in [0.1, 0.15) is 18.0 Å². The minimum atomic E-state index is 0.370. The number of anilines is 2. The fourth-order valence-electron chi connectivity index (χ4n) is 2.30. The van der Waals surface area contributed by atoms with E-state index in [0.717, 1.165) is 30.3 Å². The summed E-state index contributed by atoms with van der Waals surface area (Å²) in [6, 6.07) is 2.24. The van der Waals surface area contributed by atoms with E-state index < -0.39 is 0 Å². The Morgan fingerprint density at radius 3 is 2.33 bits per heavy atom. The fraction of sp³-hybridized carbons (Fsp3) is 0.500. The molecule has 4 nitrogen and oxygen atoms in total. The average molecular weight is 304 g/mol. The van der Waals surface area contributed by atoms with Gasteiger partial charge in [0, 0.05) is 21.9 Å². The summed E-state index contributed by atoms with van der Waals surface area (Å²) >= 11 is 1.84. The molecule has 0 unspecified atom stereocenters. The molecule has 0 aliphatic rings. The van der Waals surface area contributed by atoms with Crippen molar-refractivity contribution in [2.75, 3.05) is 17.2 Å². The van der Waals surface area contributed by atoms with E-state index in [4.69, 9.17) is 0 Å². The number of hydrogen-bond donors (Lipinski definition) is 2. The van der Waals surface area contributed by atoms with Crippen molar-refractivity contribution in [3.05, 3.63) is 33.3 Å². The zero-order chi connectivity index (χ0) is 15.4. The van der Waals surface area contributed by atoms with Crippen molar-refractivity contribution in [2.45, 2.75) is 47.1 Å². The Hall–Kier alpha value is -1.62. The summed E-state index contributed by atoms with van der Waals surface area (Å²) in [6.07, 6.45) is 1.62. The molecular weight excluding hydrogens is 280 g/mol. The van der Waals surface area contributed by atoms with Gasteiger partial charge < -0.3 is 10.6 Å². The summed E-state index contributed by atoms with van der Waals surface area (Å²) in [7, 11) is 0. The van der Waals surface area contributed by atoms with Gasteiger partial charge in [-0.25, -0.2) is 9.97 Å². The second-order valence-electron chi connectivity index (χ2n) is 5.48. The summed E-state index contributed by atoms with van der Waals surface area (Å²) in [5, 5.41) is 6.79. The second-order valence-corrected chi connectivity index (χ2v) is 6.82. The highest BCUT2D eigenvalue weighted by molar-refractivity contribution is 7.12. The number of hydrogen-bond acceptors (Lipinski definition) is 5. The van der Waals surface area contributed by atoms with Gasteiger partial charge in [-0.3, -0.25) is 0 Å². The molecule has 0 amide bonds. The molecule has 0 saturated carbocycles. The van der Waals surface area contributed by atoms with Gasteiger partial charge in [-0.05, 0) is 38.3 Å². The third-order valence-electron chi connectivity index (χ3n) is 3.45. The van der Waals surface area contributed by atoms with Crippen LogP contribution in [0.5, 0.6) is 0 Å². The van der Waals surface area contributed by atoms with E-state index in [2.05, 4.69) is 61.3 Å². The van der Waals surface area contributed by atoms with Crippen LogP contribution < -0.4 is 10.6 Å². The highest BCUT2D eigenvalue weighted by Crippen LogP contribution is 2.29. The SMILES string of the molecule is CCNc1ncnc(NCc2cc(C)c(C)s2)c1C(C)C. The largest absolute Gasteiger partial charge is 0.370 e. The van der Waals surface area contributed by atoms with Gasteiger partial charge in [0.15, 0.2) is 0 Å². The molecule has 2 aromatic heterocycles. The van der Waals surface area contributed by atoms with Gasteiger partial charge in [0.25, 0.3) is 0 Å². The maximum atomic E-state index is 4.43. The van der Waals surface area contributed by atoms with Gasteiger partial charge in [-0.1, -0.05) is 13.8 Å². The lowest BCUT2D eigenvalue weighted by Crippen LogP contribution is -2.10. The first kappa shape index (κ1) is 15.8. The van der Waals surface area contributed by atoms with Crippen LogP contribution in [0.15, 0.2) is 12.4 Å². The van der Waals surface area contributed by atoms with Gasteiger partial charge in [-0.15, -0.1) is 11.3 Å². The third-order valence-corrected chi connectivity index (χ3v) is 4.61. The number of aryl methyl sites for hydroxylation is 2. The summed E-state index contributed by atoms with van der Waals surface area (Å²) in [5.41, 5.74) is 2.52. The third kappa shape index (κ3) is 3.73. The van der Waals surface area contributed by atoms with Gasteiger partial charge in [0.2, 0.25) is 0 Å². The van der Waals surface area contributed by atoms with Crippen LogP contribution in [0.2, 0.25) is 0 Å². The van der Waals surface area contributed by atoms with Crippen LogP contribution in [0.1, 0.15) is 47.6 Å².